The molecule has 2 heterocycles. The molecule has 1 N–H and O–H groups in total. The molecule has 0 aliphatic carbocycles. The molecule has 20 heavy (non-hydrogen) atoms. The third-order valence-corrected chi connectivity index (χ3v) is 5.98. The molecule has 4 heteroatoms. The average molecular weight is 298 g/mol. The van der Waals surface area contributed by atoms with E-state index in [9.17, 15) is 4.79 Å². The van der Waals surface area contributed by atoms with Crippen LogP contribution in [0.4, 0.5) is 0 Å². The van der Waals surface area contributed by atoms with Gasteiger partial charge >= 0.3 is 0 Å². The van der Waals surface area contributed by atoms with Gasteiger partial charge in [-0.25, -0.2) is 0 Å². The number of rotatable bonds is 4. The molecule has 2 rings (SSSR count). The minimum Gasteiger partial charge on any atom is -0.339 e. The van der Waals surface area contributed by atoms with E-state index in [0.717, 1.165) is 32.5 Å². The highest BCUT2D eigenvalue weighted by molar-refractivity contribution is 8.01. The van der Waals surface area contributed by atoms with Gasteiger partial charge in [-0.15, -0.1) is 11.8 Å². The minimum absolute atomic E-state index is 0.178. The predicted octanol–water partition coefficient (Wildman–Crippen LogP) is 2.90. The van der Waals surface area contributed by atoms with E-state index in [1.807, 2.05) is 11.8 Å². The molecule has 116 valence electrons. The first-order valence-corrected chi connectivity index (χ1v) is 9.20. The Kier molecular flexibility index (Phi) is 6.21. The van der Waals surface area contributed by atoms with Gasteiger partial charge in [0.15, 0.2) is 0 Å². The number of carbonyl (C=O) groups excluding carboxylic acids is 1. The summed E-state index contributed by atoms with van der Waals surface area (Å²) in [5.41, 5.74) is 0. The van der Waals surface area contributed by atoms with Gasteiger partial charge in [-0.1, -0.05) is 13.8 Å². The molecule has 2 atom stereocenters. The lowest BCUT2D eigenvalue weighted by Crippen LogP contribution is -2.49. The van der Waals surface area contributed by atoms with E-state index in [0.29, 0.717) is 23.1 Å². The maximum Gasteiger partial charge on any atom is 0.236 e. The molecule has 1 amide bonds. The molecule has 0 saturated carbocycles. The van der Waals surface area contributed by atoms with E-state index >= 15 is 0 Å². The van der Waals surface area contributed by atoms with E-state index in [4.69, 9.17) is 0 Å². The van der Waals surface area contributed by atoms with E-state index in [-0.39, 0.29) is 5.25 Å². The quantitative estimate of drug-likeness (QED) is 0.866. The van der Waals surface area contributed by atoms with Crippen LogP contribution in [0.1, 0.15) is 52.9 Å². The zero-order valence-electron chi connectivity index (χ0n) is 13.2. The van der Waals surface area contributed by atoms with Gasteiger partial charge in [0, 0.05) is 12.6 Å². The van der Waals surface area contributed by atoms with Gasteiger partial charge in [0.25, 0.3) is 0 Å². The largest absolute Gasteiger partial charge is 0.339 e. The lowest BCUT2D eigenvalue weighted by molar-refractivity contribution is -0.135. The molecule has 0 aromatic carbocycles. The van der Waals surface area contributed by atoms with Crippen molar-refractivity contribution < 1.29 is 4.79 Å². The normalized spacial score (nSPS) is 26.8. The van der Waals surface area contributed by atoms with E-state index in [1.54, 1.807) is 0 Å². The Balaban J connectivity index is 2.05. The maximum atomic E-state index is 13.0. The van der Waals surface area contributed by atoms with Crippen molar-refractivity contribution in [2.24, 2.45) is 5.92 Å². The van der Waals surface area contributed by atoms with Gasteiger partial charge in [-0.3, -0.25) is 4.79 Å². The van der Waals surface area contributed by atoms with Crippen molar-refractivity contribution >= 4 is 17.7 Å². The Hall–Kier alpha value is -0.220. The second kappa shape index (κ2) is 7.69. The maximum absolute atomic E-state index is 13.0. The summed E-state index contributed by atoms with van der Waals surface area (Å²) < 4.78 is 0. The topological polar surface area (TPSA) is 32.3 Å². The number of hydrogen-bond acceptors (Lipinski definition) is 3. The van der Waals surface area contributed by atoms with E-state index < -0.39 is 0 Å². The summed E-state index contributed by atoms with van der Waals surface area (Å²) in [6, 6.07) is 0.438. The van der Waals surface area contributed by atoms with Crippen molar-refractivity contribution in [2.45, 2.75) is 69.4 Å². The van der Waals surface area contributed by atoms with Gasteiger partial charge < -0.3 is 10.2 Å². The Morgan fingerprint density at radius 3 is 2.50 bits per heavy atom. The third kappa shape index (κ3) is 4.14. The molecule has 0 aromatic rings. The van der Waals surface area contributed by atoms with Crippen LogP contribution in [0.3, 0.4) is 0 Å². The van der Waals surface area contributed by atoms with Crippen LogP contribution < -0.4 is 5.32 Å². The van der Waals surface area contributed by atoms with Crippen LogP contribution in [-0.4, -0.2) is 47.0 Å². The fraction of sp³-hybridized carbons (Fsp3) is 0.938. The first-order valence-electron chi connectivity index (χ1n) is 8.26. The molecule has 2 aliphatic heterocycles. The van der Waals surface area contributed by atoms with Gasteiger partial charge in [-0.2, -0.15) is 0 Å². The highest BCUT2D eigenvalue weighted by Gasteiger charge is 2.35. The fourth-order valence-corrected chi connectivity index (χ4v) is 4.73. The van der Waals surface area contributed by atoms with Crippen molar-refractivity contribution in [1.82, 2.24) is 10.2 Å². The summed E-state index contributed by atoms with van der Waals surface area (Å²) in [6.07, 6.45) is 5.94. The summed E-state index contributed by atoms with van der Waals surface area (Å²) in [5, 5.41) is 4.12. The van der Waals surface area contributed by atoms with Gasteiger partial charge in [0.2, 0.25) is 5.91 Å². The molecule has 2 fully saturated rings. The zero-order valence-corrected chi connectivity index (χ0v) is 14.0. The molecule has 0 radical (unpaired) electrons. The second-order valence-corrected chi connectivity index (χ2v) is 8.29. The predicted molar refractivity (Wildman–Crippen MR) is 87.1 cm³/mol. The molecule has 0 bridgehead atoms. The summed E-state index contributed by atoms with van der Waals surface area (Å²) in [6.45, 7) is 9.76. The van der Waals surface area contributed by atoms with Crippen molar-refractivity contribution in [2.75, 3.05) is 19.6 Å². The van der Waals surface area contributed by atoms with Crippen molar-refractivity contribution in [3.63, 3.8) is 0 Å². The monoisotopic (exact) mass is 298 g/mol. The molecule has 2 unspecified atom stereocenters. The third-order valence-electron chi connectivity index (χ3n) is 4.56. The number of nitrogens with zero attached hydrogens (tertiary/aromatic N) is 1. The molecule has 2 aliphatic rings. The Labute approximate surface area is 128 Å². The van der Waals surface area contributed by atoms with Crippen LogP contribution in [-0.2, 0) is 4.79 Å². The first kappa shape index (κ1) is 16.2. The number of carbonyl (C=O) groups is 1. The van der Waals surface area contributed by atoms with E-state index in [2.05, 4.69) is 31.0 Å². The highest BCUT2D eigenvalue weighted by atomic mass is 32.2. The van der Waals surface area contributed by atoms with Crippen molar-refractivity contribution in [3.05, 3.63) is 0 Å². The summed E-state index contributed by atoms with van der Waals surface area (Å²) in [7, 11) is 0. The second-order valence-electron chi connectivity index (χ2n) is 6.57. The molecule has 0 aromatic heterocycles. The lowest BCUT2D eigenvalue weighted by atomic mass is 9.92. The summed E-state index contributed by atoms with van der Waals surface area (Å²) >= 11 is 1.89. The van der Waals surface area contributed by atoms with Crippen LogP contribution in [0.15, 0.2) is 0 Å². The van der Waals surface area contributed by atoms with Gasteiger partial charge in [0.05, 0.1) is 5.25 Å². The van der Waals surface area contributed by atoms with Crippen molar-refractivity contribution in [1.29, 1.82) is 0 Å². The standard InChI is InChI=1S/C16H30N2OS/c1-12(2)20-15(14-7-9-17-10-8-14)16(19)18-11-5-4-6-13(18)3/h12-15,17H,4-11H2,1-3H3. The molecular formula is C16H30N2OS. The number of nitrogens with one attached hydrogen (secondary N) is 1. The SMILES string of the molecule is CC(C)SC(C(=O)N1CCCCC1C)C1CCNCC1. The fourth-order valence-electron chi connectivity index (χ4n) is 3.40. The van der Waals surface area contributed by atoms with Crippen LogP contribution in [0, 0.1) is 5.92 Å². The number of piperidine rings is 2. The van der Waals surface area contributed by atoms with Crippen LogP contribution in [0.2, 0.25) is 0 Å². The van der Waals surface area contributed by atoms with Crippen LogP contribution >= 0.6 is 11.8 Å². The van der Waals surface area contributed by atoms with Crippen LogP contribution in [0.25, 0.3) is 0 Å². The number of likely N-dealkylation sites (tertiary alicyclic amines) is 1. The van der Waals surface area contributed by atoms with Gasteiger partial charge in [-0.05, 0) is 63.3 Å². The van der Waals surface area contributed by atoms with Crippen molar-refractivity contribution in [3.8, 4) is 0 Å². The lowest BCUT2D eigenvalue weighted by Gasteiger charge is -2.39. The molecular weight excluding hydrogens is 268 g/mol. The zero-order chi connectivity index (χ0) is 14.5. The number of amides is 1. The van der Waals surface area contributed by atoms with Gasteiger partial charge in [0.1, 0.15) is 0 Å². The number of thioether (sulfide) groups is 1. The first-order chi connectivity index (χ1) is 9.59. The van der Waals surface area contributed by atoms with Crippen LogP contribution in [0.5, 0.6) is 0 Å². The number of hydrogen-bond donors (Lipinski definition) is 1. The Morgan fingerprint density at radius 2 is 1.90 bits per heavy atom. The molecule has 0 spiro atoms. The smallest absolute Gasteiger partial charge is 0.236 e. The molecule has 2 saturated heterocycles. The van der Waals surface area contributed by atoms with E-state index in [1.165, 1.54) is 19.3 Å². The molecule has 3 nitrogen and oxygen atoms in total. The minimum atomic E-state index is 0.178. The highest BCUT2D eigenvalue weighted by Crippen LogP contribution is 2.32. The summed E-state index contributed by atoms with van der Waals surface area (Å²) in [5.74, 6) is 0.980. The average Bonchev–Trinajstić information content (AvgIpc) is 2.45. The Morgan fingerprint density at radius 1 is 1.20 bits per heavy atom. The summed E-state index contributed by atoms with van der Waals surface area (Å²) in [4.78, 5) is 15.2. The Bertz CT molecular complexity index is 316.